The maximum absolute atomic E-state index is 12.0. The molecule has 1 aromatic heterocycles. The summed E-state index contributed by atoms with van der Waals surface area (Å²) in [6.45, 7) is 0.417. The minimum atomic E-state index is -0.205. The summed E-state index contributed by atoms with van der Waals surface area (Å²) in [5, 5.41) is 6.26. The van der Waals surface area contributed by atoms with Crippen LogP contribution >= 0.6 is 15.9 Å². The molecule has 0 saturated heterocycles. The molecule has 0 radical (unpaired) electrons. The first-order chi connectivity index (χ1) is 9.20. The van der Waals surface area contributed by atoms with Crippen molar-refractivity contribution in [3.05, 3.63) is 40.5 Å². The summed E-state index contributed by atoms with van der Waals surface area (Å²) in [5.74, 6) is 0.802. The predicted octanol–water partition coefficient (Wildman–Crippen LogP) is 1.81. The van der Waals surface area contributed by atoms with Gasteiger partial charge in [0.2, 0.25) is 5.89 Å². The van der Waals surface area contributed by atoms with E-state index < -0.39 is 0 Å². The molecule has 0 bridgehead atoms. The average Bonchev–Trinajstić information content (AvgIpc) is 2.91. The van der Waals surface area contributed by atoms with Gasteiger partial charge in [0.1, 0.15) is 5.75 Å². The fraction of sp³-hybridized carbons (Fsp3) is 0.250. The molecule has 2 rings (SSSR count). The van der Waals surface area contributed by atoms with E-state index in [4.69, 9.17) is 9.26 Å². The molecule has 1 aromatic carbocycles. The van der Waals surface area contributed by atoms with Crippen molar-refractivity contribution in [2.75, 3.05) is 13.7 Å². The van der Waals surface area contributed by atoms with Crippen molar-refractivity contribution in [3.8, 4) is 5.75 Å². The summed E-state index contributed by atoms with van der Waals surface area (Å²) in [4.78, 5) is 15.9. The number of nitrogens with zero attached hydrogens (tertiary/aromatic N) is 2. The second kappa shape index (κ2) is 6.33. The van der Waals surface area contributed by atoms with Crippen LogP contribution in [0.3, 0.4) is 0 Å². The fourth-order valence-corrected chi connectivity index (χ4v) is 1.88. The molecule has 2 aromatic rings. The van der Waals surface area contributed by atoms with Gasteiger partial charge in [0.05, 0.1) is 12.7 Å². The number of hydrogen-bond acceptors (Lipinski definition) is 5. The molecule has 0 fully saturated rings. The van der Waals surface area contributed by atoms with Gasteiger partial charge in [-0.3, -0.25) is 4.79 Å². The summed E-state index contributed by atoms with van der Waals surface area (Å²) in [7, 11) is 1.52. The molecule has 0 aliphatic heterocycles. The van der Waals surface area contributed by atoms with E-state index in [9.17, 15) is 4.79 Å². The van der Waals surface area contributed by atoms with E-state index in [2.05, 4.69) is 31.4 Å². The number of hydrogen-bond donors (Lipinski definition) is 1. The Balaban J connectivity index is 1.96. The van der Waals surface area contributed by atoms with E-state index in [0.717, 1.165) is 4.47 Å². The molecule has 1 N–H and O–H groups in total. The Labute approximate surface area is 118 Å². The minimum absolute atomic E-state index is 0.205. The van der Waals surface area contributed by atoms with Crippen molar-refractivity contribution in [1.82, 2.24) is 15.5 Å². The number of carbonyl (C=O) groups is 1. The molecule has 0 spiro atoms. The van der Waals surface area contributed by atoms with Crippen LogP contribution in [0.25, 0.3) is 0 Å². The minimum Gasteiger partial charge on any atom is -0.496 e. The molecule has 0 unspecified atom stereocenters. The van der Waals surface area contributed by atoms with Crippen LogP contribution in [0, 0.1) is 0 Å². The number of nitrogens with one attached hydrogen (secondary N) is 1. The van der Waals surface area contributed by atoms with Crippen LogP contribution in [0.5, 0.6) is 5.75 Å². The van der Waals surface area contributed by atoms with Gasteiger partial charge in [-0.1, -0.05) is 21.1 Å². The molecule has 0 atom stereocenters. The zero-order valence-electron chi connectivity index (χ0n) is 10.2. The highest BCUT2D eigenvalue weighted by molar-refractivity contribution is 9.10. The van der Waals surface area contributed by atoms with Gasteiger partial charge < -0.3 is 14.6 Å². The smallest absolute Gasteiger partial charge is 0.255 e. The van der Waals surface area contributed by atoms with Gasteiger partial charge in [0, 0.05) is 17.4 Å². The third-order valence-corrected chi connectivity index (χ3v) is 2.93. The highest BCUT2D eigenvalue weighted by Crippen LogP contribution is 2.23. The Hall–Kier alpha value is -1.89. The molecule has 19 heavy (non-hydrogen) atoms. The van der Waals surface area contributed by atoms with Gasteiger partial charge in [-0.25, -0.2) is 0 Å². The van der Waals surface area contributed by atoms with Crippen LogP contribution in [-0.2, 0) is 6.42 Å². The maximum Gasteiger partial charge on any atom is 0.255 e. The predicted molar refractivity (Wildman–Crippen MR) is 71.0 cm³/mol. The molecular formula is C12H12BrN3O3. The van der Waals surface area contributed by atoms with Gasteiger partial charge in [-0.15, -0.1) is 0 Å². The van der Waals surface area contributed by atoms with Gasteiger partial charge in [-0.2, -0.15) is 4.98 Å². The lowest BCUT2D eigenvalue weighted by molar-refractivity contribution is 0.0950. The molecule has 7 heteroatoms. The first kappa shape index (κ1) is 13.5. The second-order valence-corrected chi connectivity index (χ2v) is 4.60. The molecule has 1 amide bonds. The quantitative estimate of drug-likeness (QED) is 0.907. The summed E-state index contributed by atoms with van der Waals surface area (Å²) in [6, 6.07) is 5.23. The topological polar surface area (TPSA) is 77.2 Å². The number of aromatic nitrogens is 2. The van der Waals surface area contributed by atoms with E-state index in [1.54, 1.807) is 18.2 Å². The van der Waals surface area contributed by atoms with Crippen molar-refractivity contribution < 1.29 is 14.1 Å². The fourth-order valence-electron chi connectivity index (χ4n) is 1.54. The van der Waals surface area contributed by atoms with E-state index in [-0.39, 0.29) is 5.91 Å². The highest BCUT2D eigenvalue weighted by Gasteiger charge is 2.12. The van der Waals surface area contributed by atoms with Gasteiger partial charge >= 0.3 is 0 Å². The summed E-state index contributed by atoms with van der Waals surface area (Å²) in [5.41, 5.74) is 0.483. The molecule has 6 nitrogen and oxygen atoms in total. The normalized spacial score (nSPS) is 10.2. The van der Waals surface area contributed by atoms with Crippen LogP contribution in [0.2, 0.25) is 0 Å². The number of amides is 1. The summed E-state index contributed by atoms with van der Waals surface area (Å²) in [6.07, 6.45) is 1.82. The zero-order chi connectivity index (χ0) is 13.7. The Morgan fingerprint density at radius 1 is 1.53 bits per heavy atom. The Morgan fingerprint density at radius 2 is 2.37 bits per heavy atom. The third-order valence-electron chi connectivity index (χ3n) is 2.44. The lowest BCUT2D eigenvalue weighted by atomic mass is 10.2. The largest absolute Gasteiger partial charge is 0.496 e. The van der Waals surface area contributed by atoms with Gasteiger partial charge in [0.15, 0.2) is 6.33 Å². The number of rotatable bonds is 5. The Morgan fingerprint density at radius 3 is 3.05 bits per heavy atom. The standard InChI is InChI=1S/C12H12BrN3O3/c1-18-10-6-8(13)2-3-9(10)12(17)14-5-4-11-15-7-16-19-11/h2-3,6-7H,4-5H2,1H3,(H,14,17). The Bertz CT molecular complexity index is 557. The monoisotopic (exact) mass is 325 g/mol. The average molecular weight is 326 g/mol. The van der Waals surface area contributed by atoms with Crippen LogP contribution in [-0.4, -0.2) is 29.7 Å². The van der Waals surface area contributed by atoms with E-state index in [1.165, 1.54) is 13.4 Å². The lowest BCUT2D eigenvalue weighted by Crippen LogP contribution is -2.26. The molecule has 1 heterocycles. The molecule has 0 saturated carbocycles. The van der Waals surface area contributed by atoms with Crippen LogP contribution in [0.1, 0.15) is 16.2 Å². The van der Waals surface area contributed by atoms with Gasteiger partial charge in [0.25, 0.3) is 5.91 Å². The summed E-state index contributed by atoms with van der Waals surface area (Å²) < 4.78 is 10.9. The third kappa shape index (κ3) is 3.54. The van der Waals surface area contributed by atoms with Crippen LogP contribution < -0.4 is 10.1 Å². The SMILES string of the molecule is COc1cc(Br)ccc1C(=O)NCCc1ncno1. The van der Waals surface area contributed by atoms with E-state index in [0.29, 0.717) is 30.2 Å². The number of ether oxygens (including phenoxy) is 1. The molecule has 0 aliphatic rings. The number of carbonyl (C=O) groups excluding carboxylic acids is 1. The molecule has 100 valence electrons. The van der Waals surface area contributed by atoms with Crippen molar-refractivity contribution in [2.45, 2.75) is 6.42 Å². The van der Waals surface area contributed by atoms with Crippen molar-refractivity contribution in [3.63, 3.8) is 0 Å². The lowest BCUT2D eigenvalue weighted by Gasteiger charge is -2.09. The first-order valence-electron chi connectivity index (χ1n) is 5.58. The first-order valence-corrected chi connectivity index (χ1v) is 6.37. The highest BCUT2D eigenvalue weighted by atomic mass is 79.9. The van der Waals surface area contributed by atoms with Crippen molar-refractivity contribution in [1.29, 1.82) is 0 Å². The van der Waals surface area contributed by atoms with Crippen molar-refractivity contribution in [2.24, 2.45) is 0 Å². The second-order valence-electron chi connectivity index (χ2n) is 3.69. The number of benzene rings is 1. The summed E-state index contributed by atoms with van der Waals surface area (Å²) >= 11 is 3.33. The Kier molecular flexibility index (Phi) is 4.51. The molecule has 0 aliphatic carbocycles. The maximum atomic E-state index is 12.0. The number of methoxy groups -OCH3 is 1. The van der Waals surface area contributed by atoms with Crippen molar-refractivity contribution >= 4 is 21.8 Å². The molecular weight excluding hydrogens is 314 g/mol. The zero-order valence-corrected chi connectivity index (χ0v) is 11.8. The van der Waals surface area contributed by atoms with Gasteiger partial charge in [-0.05, 0) is 18.2 Å². The van der Waals surface area contributed by atoms with Crippen LogP contribution in [0.15, 0.2) is 33.5 Å². The number of halogens is 1. The van der Waals surface area contributed by atoms with E-state index >= 15 is 0 Å². The van der Waals surface area contributed by atoms with Crippen LogP contribution in [0.4, 0.5) is 0 Å². The van der Waals surface area contributed by atoms with E-state index in [1.807, 2.05) is 0 Å².